The van der Waals surface area contributed by atoms with Crippen molar-refractivity contribution in [1.29, 1.82) is 0 Å². The van der Waals surface area contributed by atoms with E-state index in [4.69, 9.17) is 5.73 Å². The van der Waals surface area contributed by atoms with Crippen LogP contribution in [-0.2, 0) is 0 Å². The van der Waals surface area contributed by atoms with Crippen LogP contribution in [0.3, 0.4) is 0 Å². The molecule has 3 N–H and O–H groups in total. The van der Waals surface area contributed by atoms with Gasteiger partial charge in [-0.25, -0.2) is 0 Å². The average Bonchev–Trinajstić information content (AvgIpc) is 2.62. The van der Waals surface area contributed by atoms with Gasteiger partial charge in [0.15, 0.2) is 0 Å². The number of rotatable bonds is 2. The lowest BCUT2D eigenvalue weighted by Crippen LogP contribution is -2.52. The molecule has 5 heteroatoms. The quantitative estimate of drug-likeness (QED) is 0.863. The first-order chi connectivity index (χ1) is 8.65. The molecule has 2 aliphatic heterocycles. The molecule has 2 saturated heterocycles. The minimum atomic E-state index is 0.593. The standard InChI is InChI=1S/C13H22N4S/c1-8-12(14)16-18-13(8)15-9-6-10-4-3-5-11(7-9)17(10)2/h9-11,15H,3-7H2,1-2H3,(H2,14,16). The summed E-state index contributed by atoms with van der Waals surface area (Å²) >= 11 is 1.50. The van der Waals surface area contributed by atoms with Gasteiger partial charge in [-0.1, -0.05) is 6.42 Å². The van der Waals surface area contributed by atoms with Crippen molar-refractivity contribution in [3.63, 3.8) is 0 Å². The van der Waals surface area contributed by atoms with Crippen molar-refractivity contribution in [2.45, 2.75) is 57.2 Å². The average molecular weight is 266 g/mol. The molecule has 3 heterocycles. The zero-order valence-corrected chi connectivity index (χ0v) is 12.0. The van der Waals surface area contributed by atoms with Gasteiger partial charge in [0.2, 0.25) is 0 Å². The molecule has 2 bridgehead atoms. The fourth-order valence-electron chi connectivity index (χ4n) is 3.40. The highest BCUT2D eigenvalue weighted by molar-refractivity contribution is 7.10. The highest BCUT2D eigenvalue weighted by Crippen LogP contribution is 2.35. The first kappa shape index (κ1) is 12.2. The predicted molar refractivity (Wildman–Crippen MR) is 77.1 cm³/mol. The van der Waals surface area contributed by atoms with Gasteiger partial charge in [-0.3, -0.25) is 0 Å². The van der Waals surface area contributed by atoms with E-state index in [2.05, 4.69) is 28.6 Å². The number of piperidine rings is 2. The van der Waals surface area contributed by atoms with E-state index in [1.54, 1.807) is 0 Å². The molecule has 0 spiro atoms. The van der Waals surface area contributed by atoms with E-state index >= 15 is 0 Å². The number of hydrogen-bond acceptors (Lipinski definition) is 5. The largest absolute Gasteiger partial charge is 0.383 e. The molecule has 2 atom stereocenters. The number of nitrogens with two attached hydrogens (primary N) is 1. The normalized spacial score (nSPS) is 32.4. The molecule has 2 aliphatic rings. The molecule has 0 aromatic carbocycles. The van der Waals surface area contributed by atoms with E-state index in [0.29, 0.717) is 11.9 Å². The monoisotopic (exact) mass is 266 g/mol. The lowest BCUT2D eigenvalue weighted by atomic mass is 9.82. The lowest BCUT2D eigenvalue weighted by molar-refractivity contribution is 0.0609. The molecular formula is C13H22N4S. The van der Waals surface area contributed by atoms with Crippen molar-refractivity contribution in [2.75, 3.05) is 18.1 Å². The van der Waals surface area contributed by atoms with Gasteiger partial charge in [0, 0.05) is 23.7 Å². The van der Waals surface area contributed by atoms with Crippen LogP contribution < -0.4 is 11.1 Å². The Hall–Kier alpha value is -0.810. The minimum absolute atomic E-state index is 0.593. The van der Waals surface area contributed by atoms with Crippen LogP contribution in [0.1, 0.15) is 37.7 Å². The molecule has 0 saturated carbocycles. The second-order valence-electron chi connectivity index (χ2n) is 5.74. The topological polar surface area (TPSA) is 54.2 Å². The first-order valence-electron chi connectivity index (χ1n) is 6.85. The van der Waals surface area contributed by atoms with E-state index in [1.165, 1.54) is 48.6 Å². The third kappa shape index (κ3) is 2.10. The van der Waals surface area contributed by atoms with Crippen LogP contribution in [-0.4, -0.2) is 34.4 Å². The molecule has 0 radical (unpaired) electrons. The van der Waals surface area contributed by atoms with Crippen LogP contribution >= 0.6 is 11.5 Å². The molecule has 1 aromatic heterocycles. The van der Waals surface area contributed by atoms with Crippen LogP contribution in [0.25, 0.3) is 0 Å². The summed E-state index contributed by atoms with van der Waals surface area (Å²) in [5.41, 5.74) is 6.93. The Morgan fingerprint density at radius 1 is 1.33 bits per heavy atom. The maximum atomic E-state index is 5.81. The van der Waals surface area contributed by atoms with Crippen molar-refractivity contribution in [3.8, 4) is 0 Å². The van der Waals surface area contributed by atoms with Crippen molar-refractivity contribution in [2.24, 2.45) is 0 Å². The number of aromatic nitrogens is 1. The molecule has 0 aliphatic carbocycles. The number of fused-ring (bicyclic) bond motifs is 2. The van der Waals surface area contributed by atoms with Gasteiger partial charge >= 0.3 is 0 Å². The van der Waals surface area contributed by atoms with Crippen molar-refractivity contribution in [3.05, 3.63) is 5.56 Å². The van der Waals surface area contributed by atoms with Gasteiger partial charge in [0.25, 0.3) is 0 Å². The molecule has 0 amide bonds. The van der Waals surface area contributed by atoms with Gasteiger partial charge in [-0.05, 0) is 51.2 Å². The van der Waals surface area contributed by atoms with Gasteiger partial charge < -0.3 is 16.0 Å². The molecule has 1 aromatic rings. The Labute approximate surface area is 113 Å². The van der Waals surface area contributed by atoms with Crippen molar-refractivity contribution in [1.82, 2.24) is 9.27 Å². The van der Waals surface area contributed by atoms with Crippen LogP contribution in [0.15, 0.2) is 0 Å². The third-order valence-electron chi connectivity index (χ3n) is 4.64. The number of hydrogen-bond donors (Lipinski definition) is 2. The number of nitrogens with one attached hydrogen (secondary N) is 1. The molecule has 18 heavy (non-hydrogen) atoms. The summed E-state index contributed by atoms with van der Waals surface area (Å²) in [5.74, 6) is 0.677. The summed E-state index contributed by atoms with van der Waals surface area (Å²) in [6.07, 6.45) is 6.62. The second-order valence-corrected chi connectivity index (χ2v) is 6.51. The van der Waals surface area contributed by atoms with Crippen LogP contribution in [0, 0.1) is 6.92 Å². The lowest BCUT2D eigenvalue weighted by Gasteiger charge is -2.47. The van der Waals surface area contributed by atoms with Crippen LogP contribution in [0.2, 0.25) is 0 Å². The summed E-state index contributed by atoms with van der Waals surface area (Å²) in [4.78, 5) is 2.59. The van der Waals surface area contributed by atoms with Crippen LogP contribution in [0.5, 0.6) is 0 Å². The van der Waals surface area contributed by atoms with E-state index in [-0.39, 0.29) is 0 Å². The molecule has 3 rings (SSSR count). The Morgan fingerprint density at radius 3 is 2.56 bits per heavy atom. The minimum Gasteiger partial charge on any atom is -0.383 e. The second kappa shape index (κ2) is 4.70. The van der Waals surface area contributed by atoms with E-state index in [1.807, 2.05) is 0 Å². The summed E-state index contributed by atoms with van der Waals surface area (Å²) in [6, 6.07) is 2.12. The fourth-order valence-corrected chi connectivity index (χ4v) is 4.19. The first-order valence-corrected chi connectivity index (χ1v) is 7.62. The Kier molecular flexibility index (Phi) is 3.20. The maximum Gasteiger partial charge on any atom is 0.142 e. The SMILES string of the molecule is Cc1c(N)nsc1NC1CC2CCCC(C1)N2C. The summed E-state index contributed by atoms with van der Waals surface area (Å²) < 4.78 is 4.22. The number of nitrogens with zero attached hydrogens (tertiary/aromatic N) is 2. The van der Waals surface area contributed by atoms with Crippen molar-refractivity contribution < 1.29 is 0 Å². The summed E-state index contributed by atoms with van der Waals surface area (Å²) in [6.45, 7) is 2.05. The van der Waals surface area contributed by atoms with Gasteiger partial charge in [0.1, 0.15) is 10.8 Å². The Balaban J connectivity index is 1.69. The van der Waals surface area contributed by atoms with Gasteiger partial charge in [0.05, 0.1) is 0 Å². The molecular weight excluding hydrogens is 244 g/mol. The molecule has 100 valence electrons. The molecule has 2 fully saturated rings. The summed E-state index contributed by atoms with van der Waals surface area (Å²) in [5, 5.41) is 4.84. The van der Waals surface area contributed by atoms with Crippen molar-refractivity contribution >= 4 is 22.4 Å². The summed E-state index contributed by atoms with van der Waals surface area (Å²) in [7, 11) is 2.29. The van der Waals surface area contributed by atoms with Gasteiger partial charge in [-0.2, -0.15) is 4.37 Å². The van der Waals surface area contributed by atoms with Gasteiger partial charge in [-0.15, -0.1) is 0 Å². The van der Waals surface area contributed by atoms with E-state index < -0.39 is 0 Å². The maximum absolute atomic E-state index is 5.81. The zero-order chi connectivity index (χ0) is 12.7. The Bertz CT molecular complexity index is 417. The predicted octanol–water partition coefficient (Wildman–Crippen LogP) is 2.46. The Morgan fingerprint density at radius 2 is 2.00 bits per heavy atom. The highest BCUT2D eigenvalue weighted by atomic mass is 32.1. The fraction of sp³-hybridized carbons (Fsp3) is 0.769. The van der Waals surface area contributed by atoms with E-state index in [9.17, 15) is 0 Å². The highest BCUT2D eigenvalue weighted by Gasteiger charge is 2.36. The third-order valence-corrected chi connectivity index (χ3v) is 5.53. The molecule has 2 unspecified atom stereocenters. The number of anilines is 2. The van der Waals surface area contributed by atoms with Crippen LogP contribution in [0.4, 0.5) is 10.8 Å². The zero-order valence-electron chi connectivity index (χ0n) is 11.1. The smallest absolute Gasteiger partial charge is 0.142 e. The van der Waals surface area contributed by atoms with E-state index in [0.717, 1.165) is 17.6 Å². The molecule has 4 nitrogen and oxygen atoms in total. The number of nitrogen functional groups attached to an aromatic ring is 1.